The topological polar surface area (TPSA) is 70.8 Å². The monoisotopic (exact) mass is 310 g/mol. The number of carbonyl (C=O) groups is 1. The quantitative estimate of drug-likeness (QED) is 0.902. The standard InChI is InChI=1S/C15H26N4O3/c1-15(2,3)22-14(21)19-7-5-18(6-8-19)11-13(20)12-9-16-17(4)10-12/h9-10,13,20H,5-8,11H2,1-4H3/t13-/m1/s1. The van der Waals surface area contributed by atoms with Gasteiger partial charge in [-0.1, -0.05) is 0 Å². The van der Waals surface area contributed by atoms with Crippen LogP contribution in [0.15, 0.2) is 12.4 Å². The van der Waals surface area contributed by atoms with Crippen LogP contribution in [0.2, 0.25) is 0 Å². The van der Waals surface area contributed by atoms with Gasteiger partial charge in [0, 0.05) is 51.5 Å². The second kappa shape index (κ2) is 6.66. The summed E-state index contributed by atoms with van der Waals surface area (Å²) in [5, 5.41) is 14.3. The Morgan fingerprint density at radius 3 is 2.50 bits per heavy atom. The van der Waals surface area contributed by atoms with E-state index in [9.17, 15) is 9.90 Å². The number of nitrogens with zero attached hydrogens (tertiary/aromatic N) is 4. The molecule has 2 rings (SSSR count). The number of aliphatic hydroxyl groups is 1. The van der Waals surface area contributed by atoms with E-state index in [1.54, 1.807) is 15.8 Å². The van der Waals surface area contributed by atoms with Gasteiger partial charge in [0.1, 0.15) is 5.60 Å². The second-order valence-corrected chi connectivity index (χ2v) is 6.73. The first-order valence-electron chi connectivity index (χ1n) is 7.61. The van der Waals surface area contributed by atoms with Gasteiger partial charge in [-0.2, -0.15) is 5.10 Å². The van der Waals surface area contributed by atoms with E-state index in [4.69, 9.17) is 4.74 Å². The van der Waals surface area contributed by atoms with Crippen molar-refractivity contribution >= 4 is 6.09 Å². The van der Waals surface area contributed by atoms with Gasteiger partial charge in [0.05, 0.1) is 12.3 Å². The van der Waals surface area contributed by atoms with Crippen molar-refractivity contribution in [3.8, 4) is 0 Å². The van der Waals surface area contributed by atoms with E-state index in [1.807, 2.05) is 34.0 Å². The lowest BCUT2D eigenvalue weighted by Gasteiger charge is -2.36. The summed E-state index contributed by atoms with van der Waals surface area (Å²) < 4.78 is 7.05. The predicted molar refractivity (Wildman–Crippen MR) is 82.4 cm³/mol. The third-order valence-electron chi connectivity index (χ3n) is 3.56. The first kappa shape index (κ1) is 16.8. The Balaban J connectivity index is 1.78. The molecule has 0 saturated carbocycles. The molecular weight excluding hydrogens is 284 g/mol. The summed E-state index contributed by atoms with van der Waals surface area (Å²) >= 11 is 0. The molecule has 22 heavy (non-hydrogen) atoms. The van der Waals surface area contributed by atoms with Crippen molar-refractivity contribution in [1.82, 2.24) is 19.6 Å². The van der Waals surface area contributed by atoms with Crippen molar-refractivity contribution in [2.24, 2.45) is 7.05 Å². The average molecular weight is 310 g/mol. The lowest BCUT2D eigenvalue weighted by atomic mass is 10.2. The van der Waals surface area contributed by atoms with Gasteiger partial charge < -0.3 is 14.7 Å². The fraction of sp³-hybridized carbons (Fsp3) is 0.733. The molecule has 1 aliphatic heterocycles. The number of aromatic nitrogens is 2. The van der Waals surface area contributed by atoms with Gasteiger partial charge in [-0.05, 0) is 20.8 Å². The number of rotatable bonds is 3. The number of aliphatic hydroxyl groups excluding tert-OH is 1. The van der Waals surface area contributed by atoms with E-state index in [2.05, 4.69) is 10.00 Å². The summed E-state index contributed by atoms with van der Waals surface area (Å²) in [5.74, 6) is 0. The van der Waals surface area contributed by atoms with Crippen molar-refractivity contribution < 1.29 is 14.6 Å². The fourth-order valence-electron chi connectivity index (χ4n) is 2.40. The molecule has 0 radical (unpaired) electrons. The lowest BCUT2D eigenvalue weighted by molar-refractivity contribution is 0.0101. The molecule has 1 aliphatic rings. The van der Waals surface area contributed by atoms with Crippen LogP contribution in [0.4, 0.5) is 4.79 Å². The van der Waals surface area contributed by atoms with E-state index >= 15 is 0 Å². The largest absolute Gasteiger partial charge is 0.444 e. The molecule has 0 unspecified atom stereocenters. The minimum atomic E-state index is -0.554. The van der Waals surface area contributed by atoms with Crippen LogP contribution in [0.1, 0.15) is 32.4 Å². The number of β-amino-alcohol motifs (C(OH)–C–C–N with tert-alkyl or cyclic N) is 1. The molecule has 124 valence electrons. The molecule has 1 atom stereocenters. The minimum Gasteiger partial charge on any atom is -0.444 e. The SMILES string of the molecule is Cn1cc([C@H](O)CN2CCN(C(=O)OC(C)(C)C)CC2)cn1. The third kappa shape index (κ3) is 4.71. The predicted octanol–water partition coefficient (Wildman–Crippen LogP) is 1.01. The number of hydrogen-bond donors (Lipinski definition) is 1. The van der Waals surface area contributed by atoms with Crippen LogP contribution in [0.3, 0.4) is 0 Å². The molecule has 7 heteroatoms. The summed E-state index contributed by atoms with van der Waals surface area (Å²) in [7, 11) is 1.83. The summed E-state index contributed by atoms with van der Waals surface area (Å²) in [6.07, 6.45) is 2.69. The minimum absolute atomic E-state index is 0.264. The molecule has 0 bridgehead atoms. The second-order valence-electron chi connectivity index (χ2n) is 6.73. The van der Waals surface area contributed by atoms with Crippen LogP contribution in [-0.4, -0.2) is 69.1 Å². The van der Waals surface area contributed by atoms with Gasteiger partial charge >= 0.3 is 6.09 Å². The number of piperazine rings is 1. The molecule has 1 aromatic heterocycles. The highest BCUT2D eigenvalue weighted by Gasteiger charge is 2.26. The maximum atomic E-state index is 12.0. The molecule has 0 spiro atoms. The Hall–Kier alpha value is -1.60. The number of ether oxygens (including phenoxy) is 1. The summed E-state index contributed by atoms with van der Waals surface area (Å²) in [4.78, 5) is 15.9. The highest BCUT2D eigenvalue weighted by molar-refractivity contribution is 5.68. The van der Waals surface area contributed by atoms with Gasteiger partial charge in [0.25, 0.3) is 0 Å². The Kier molecular flexibility index (Phi) is 5.08. The van der Waals surface area contributed by atoms with E-state index in [0.29, 0.717) is 19.6 Å². The van der Waals surface area contributed by atoms with Crippen molar-refractivity contribution in [3.63, 3.8) is 0 Å². The highest BCUT2D eigenvalue weighted by atomic mass is 16.6. The number of hydrogen-bond acceptors (Lipinski definition) is 5. The van der Waals surface area contributed by atoms with Crippen LogP contribution in [0.25, 0.3) is 0 Å². The zero-order chi connectivity index (χ0) is 16.3. The Morgan fingerprint density at radius 1 is 1.36 bits per heavy atom. The van der Waals surface area contributed by atoms with Gasteiger partial charge in [-0.25, -0.2) is 4.79 Å². The molecule has 0 aliphatic carbocycles. The Bertz CT molecular complexity index is 501. The van der Waals surface area contributed by atoms with Crippen LogP contribution >= 0.6 is 0 Å². The number of amides is 1. The van der Waals surface area contributed by atoms with Crippen LogP contribution in [-0.2, 0) is 11.8 Å². The normalized spacial score (nSPS) is 18.3. The zero-order valence-corrected chi connectivity index (χ0v) is 13.8. The molecule has 2 heterocycles. The first-order valence-corrected chi connectivity index (χ1v) is 7.61. The lowest BCUT2D eigenvalue weighted by Crippen LogP contribution is -2.50. The molecule has 0 aromatic carbocycles. The van der Waals surface area contributed by atoms with Gasteiger partial charge in [-0.15, -0.1) is 0 Å². The van der Waals surface area contributed by atoms with E-state index in [-0.39, 0.29) is 6.09 Å². The molecule has 1 N–H and O–H groups in total. The van der Waals surface area contributed by atoms with E-state index < -0.39 is 11.7 Å². The molecule has 7 nitrogen and oxygen atoms in total. The van der Waals surface area contributed by atoms with Crippen molar-refractivity contribution in [3.05, 3.63) is 18.0 Å². The smallest absolute Gasteiger partial charge is 0.410 e. The summed E-state index contributed by atoms with van der Waals surface area (Å²) in [6, 6.07) is 0. The fourth-order valence-corrected chi connectivity index (χ4v) is 2.40. The van der Waals surface area contributed by atoms with E-state index in [0.717, 1.165) is 18.7 Å². The molecule has 1 aromatic rings. The maximum Gasteiger partial charge on any atom is 0.410 e. The molecule has 1 fully saturated rings. The third-order valence-corrected chi connectivity index (χ3v) is 3.56. The zero-order valence-electron chi connectivity index (χ0n) is 13.8. The molecule has 1 saturated heterocycles. The Morgan fingerprint density at radius 2 is 2.00 bits per heavy atom. The summed E-state index contributed by atoms with van der Waals surface area (Å²) in [6.45, 7) is 8.85. The summed E-state index contributed by atoms with van der Waals surface area (Å²) in [5.41, 5.74) is 0.349. The van der Waals surface area contributed by atoms with Crippen molar-refractivity contribution in [2.75, 3.05) is 32.7 Å². The highest BCUT2D eigenvalue weighted by Crippen LogP contribution is 2.16. The average Bonchev–Trinajstić information content (AvgIpc) is 2.84. The van der Waals surface area contributed by atoms with E-state index in [1.165, 1.54) is 0 Å². The van der Waals surface area contributed by atoms with Crippen LogP contribution < -0.4 is 0 Å². The molecule has 1 amide bonds. The van der Waals surface area contributed by atoms with Crippen LogP contribution in [0, 0.1) is 0 Å². The number of carbonyl (C=O) groups excluding carboxylic acids is 1. The van der Waals surface area contributed by atoms with Gasteiger partial charge in [0.2, 0.25) is 0 Å². The van der Waals surface area contributed by atoms with Crippen molar-refractivity contribution in [2.45, 2.75) is 32.5 Å². The van der Waals surface area contributed by atoms with Gasteiger partial charge in [-0.3, -0.25) is 9.58 Å². The number of aryl methyl sites for hydroxylation is 1. The van der Waals surface area contributed by atoms with Crippen LogP contribution in [0.5, 0.6) is 0 Å². The van der Waals surface area contributed by atoms with Gasteiger partial charge in [0.15, 0.2) is 0 Å². The van der Waals surface area contributed by atoms with Crippen molar-refractivity contribution in [1.29, 1.82) is 0 Å². The molecular formula is C15H26N4O3. The first-order chi connectivity index (χ1) is 10.2. The Labute approximate surface area is 131 Å². The maximum absolute atomic E-state index is 12.0.